The average molecular weight is 355 g/mol. The van der Waals surface area contributed by atoms with Crippen LogP contribution in [0.2, 0.25) is 0 Å². The Kier molecular flexibility index (Phi) is 3.83. The summed E-state index contributed by atoms with van der Waals surface area (Å²) in [6, 6.07) is 22.5. The fourth-order valence-corrected chi connectivity index (χ4v) is 3.19. The molecule has 0 radical (unpaired) electrons. The first-order valence-electron chi connectivity index (χ1n) is 8.80. The third-order valence-corrected chi connectivity index (χ3v) is 4.59. The summed E-state index contributed by atoms with van der Waals surface area (Å²) in [7, 11) is 0. The second-order valence-corrected chi connectivity index (χ2v) is 6.37. The van der Waals surface area contributed by atoms with Crippen LogP contribution in [-0.2, 0) is 6.54 Å². The Morgan fingerprint density at radius 3 is 2.70 bits per heavy atom. The highest BCUT2D eigenvalue weighted by Gasteiger charge is 2.13. The molecule has 2 heterocycles. The molecular formula is C22H17N3O2. The monoisotopic (exact) mass is 355 g/mol. The van der Waals surface area contributed by atoms with E-state index in [0.717, 1.165) is 28.3 Å². The summed E-state index contributed by atoms with van der Waals surface area (Å²) in [5.74, 6) is 2.16. The zero-order valence-electron chi connectivity index (χ0n) is 14.6. The maximum absolute atomic E-state index is 5.42. The molecule has 0 spiro atoms. The molecule has 0 unspecified atom stereocenters. The molecule has 5 nitrogen and oxygen atoms in total. The minimum atomic E-state index is 0.281. The zero-order chi connectivity index (χ0) is 18.1. The van der Waals surface area contributed by atoms with Crippen LogP contribution in [0.4, 0.5) is 5.95 Å². The van der Waals surface area contributed by atoms with E-state index in [1.807, 2.05) is 36.4 Å². The van der Waals surface area contributed by atoms with Crippen LogP contribution in [0.5, 0.6) is 11.5 Å². The number of aromatic nitrogens is 2. The second-order valence-electron chi connectivity index (χ2n) is 6.37. The molecule has 0 bridgehead atoms. The topological polar surface area (TPSA) is 56.3 Å². The molecule has 0 saturated heterocycles. The maximum atomic E-state index is 5.42. The van der Waals surface area contributed by atoms with Gasteiger partial charge in [0.2, 0.25) is 12.7 Å². The van der Waals surface area contributed by atoms with Crippen LogP contribution in [-0.4, -0.2) is 16.8 Å². The molecular weight excluding hydrogens is 338 g/mol. The van der Waals surface area contributed by atoms with Gasteiger partial charge in [0.15, 0.2) is 11.5 Å². The van der Waals surface area contributed by atoms with Crippen molar-refractivity contribution in [3.05, 3.63) is 78.5 Å². The van der Waals surface area contributed by atoms with E-state index in [9.17, 15) is 0 Å². The van der Waals surface area contributed by atoms with Crippen LogP contribution in [0.3, 0.4) is 0 Å². The van der Waals surface area contributed by atoms with Gasteiger partial charge in [0.05, 0.1) is 5.69 Å². The Morgan fingerprint density at radius 2 is 1.74 bits per heavy atom. The molecule has 1 aliphatic rings. The maximum Gasteiger partial charge on any atom is 0.231 e. The quantitative estimate of drug-likeness (QED) is 0.578. The predicted octanol–water partition coefficient (Wildman–Crippen LogP) is 4.64. The Balaban J connectivity index is 1.36. The molecule has 4 aromatic rings. The lowest BCUT2D eigenvalue weighted by molar-refractivity contribution is 0.174. The summed E-state index contributed by atoms with van der Waals surface area (Å²) in [6.07, 6.45) is 1.78. The highest BCUT2D eigenvalue weighted by Crippen LogP contribution is 2.32. The van der Waals surface area contributed by atoms with Crippen molar-refractivity contribution in [3.8, 4) is 22.8 Å². The number of hydrogen-bond donors (Lipinski definition) is 1. The van der Waals surface area contributed by atoms with Gasteiger partial charge in [-0.3, -0.25) is 0 Å². The van der Waals surface area contributed by atoms with Gasteiger partial charge in [-0.05, 0) is 40.6 Å². The van der Waals surface area contributed by atoms with Gasteiger partial charge in [-0.25, -0.2) is 9.97 Å². The first kappa shape index (κ1) is 15.6. The Labute approximate surface area is 156 Å². The Hall–Kier alpha value is -3.60. The van der Waals surface area contributed by atoms with E-state index in [-0.39, 0.29) is 6.79 Å². The lowest BCUT2D eigenvalue weighted by Crippen LogP contribution is -2.04. The first-order chi connectivity index (χ1) is 13.3. The lowest BCUT2D eigenvalue weighted by Gasteiger charge is -2.08. The summed E-state index contributed by atoms with van der Waals surface area (Å²) >= 11 is 0. The molecule has 27 heavy (non-hydrogen) atoms. The van der Waals surface area contributed by atoms with Gasteiger partial charge in [-0.2, -0.15) is 0 Å². The number of rotatable bonds is 4. The normalized spacial score (nSPS) is 12.3. The minimum Gasteiger partial charge on any atom is -0.454 e. The molecule has 0 atom stereocenters. The fourth-order valence-electron chi connectivity index (χ4n) is 3.19. The second kappa shape index (κ2) is 6.61. The third-order valence-electron chi connectivity index (χ3n) is 4.59. The minimum absolute atomic E-state index is 0.281. The average Bonchev–Trinajstić information content (AvgIpc) is 3.20. The number of fused-ring (bicyclic) bond motifs is 2. The molecule has 3 aromatic carbocycles. The highest BCUT2D eigenvalue weighted by atomic mass is 16.7. The number of hydrogen-bond acceptors (Lipinski definition) is 5. The van der Waals surface area contributed by atoms with Gasteiger partial charge >= 0.3 is 0 Å². The SMILES string of the molecule is c1ccc2cc(-c3ccnc(NCc4ccc5c(c4)OCO5)n3)ccc2c1. The lowest BCUT2D eigenvalue weighted by atomic mass is 10.1. The van der Waals surface area contributed by atoms with E-state index < -0.39 is 0 Å². The van der Waals surface area contributed by atoms with Gasteiger partial charge in [-0.1, -0.05) is 42.5 Å². The van der Waals surface area contributed by atoms with Crippen LogP contribution in [0, 0.1) is 0 Å². The standard InChI is InChI=1S/C22H17N3O2/c1-2-4-17-12-18(7-6-16(17)3-1)19-9-10-23-22(25-19)24-13-15-5-8-20-21(11-15)27-14-26-20/h1-12H,13-14H2,(H,23,24,25). The predicted molar refractivity (Wildman–Crippen MR) is 105 cm³/mol. The highest BCUT2D eigenvalue weighted by molar-refractivity contribution is 5.86. The molecule has 1 N–H and O–H groups in total. The van der Waals surface area contributed by atoms with Crippen molar-refractivity contribution in [2.45, 2.75) is 6.54 Å². The van der Waals surface area contributed by atoms with E-state index in [2.05, 4.69) is 45.6 Å². The molecule has 5 heteroatoms. The van der Waals surface area contributed by atoms with Gasteiger partial charge in [-0.15, -0.1) is 0 Å². The van der Waals surface area contributed by atoms with E-state index >= 15 is 0 Å². The summed E-state index contributed by atoms with van der Waals surface area (Å²) in [5, 5.41) is 5.70. The summed E-state index contributed by atoms with van der Waals surface area (Å²) in [5.41, 5.74) is 3.05. The summed E-state index contributed by atoms with van der Waals surface area (Å²) < 4.78 is 10.8. The largest absolute Gasteiger partial charge is 0.454 e. The van der Waals surface area contributed by atoms with E-state index in [1.54, 1.807) is 6.20 Å². The van der Waals surface area contributed by atoms with E-state index in [1.165, 1.54) is 10.8 Å². The Bertz CT molecular complexity index is 1130. The van der Waals surface area contributed by atoms with Crippen molar-refractivity contribution >= 4 is 16.7 Å². The molecule has 1 aromatic heterocycles. The van der Waals surface area contributed by atoms with Crippen LogP contribution >= 0.6 is 0 Å². The molecule has 0 amide bonds. The summed E-state index contributed by atoms with van der Waals surface area (Å²) in [4.78, 5) is 9.00. The molecule has 1 aliphatic heterocycles. The first-order valence-corrected chi connectivity index (χ1v) is 8.80. The molecule has 0 aliphatic carbocycles. The number of ether oxygens (including phenoxy) is 2. The van der Waals surface area contributed by atoms with Crippen molar-refractivity contribution in [1.82, 2.24) is 9.97 Å². The number of anilines is 1. The number of nitrogens with one attached hydrogen (secondary N) is 1. The van der Waals surface area contributed by atoms with Crippen LogP contribution < -0.4 is 14.8 Å². The van der Waals surface area contributed by atoms with Gasteiger partial charge in [0.1, 0.15) is 0 Å². The Morgan fingerprint density at radius 1 is 0.852 bits per heavy atom. The molecule has 5 rings (SSSR count). The summed E-state index contributed by atoms with van der Waals surface area (Å²) in [6.45, 7) is 0.890. The van der Waals surface area contributed by atoms with Crippen molar-refractivity contribution in [2.75, 3.05) is 12.1 Å². The van der Waals surface area contributed by atoms with Gasteiger partial charge in [0, 0.05) is 18.3 Å². The van der Waals surface area contributed by atoms with Crippen LogP contribution in [0.25, 0.3) is 22.0 Å². The van der Waals surface area contributed by atoms with E-state index in [0.29, 0.717) is 12.5 Å². The van der Waals surface area contributed by atoms with Crippen molar-refractivity contribution < 1.29 is 9.47 Å². The smallest absolute Gasteiger partial charge is 0.231 e. The fraction of sp³-hybridized carbons (Fsp3) is 0.0909. The van der Waals surface area contributed by atoms with Crippen molar-refractivity contribution in [1.29, 1.82) is 0 Å². The van der Waals surface area contributed by atoms with Gasteiger partial charge < -0.3 is 14.8 Å². The molecule has 0 fully saturated rings. The molecule has 132 valence electrons. The van der Waals surface area contributed by atoms with Crippen LogP contribution in [0.1, 0.15) is 5.56 Å². The zero-order valence-corrected chi connectivity index (χ0v) is 14.6. The number of nitrogens with zero attached hydrogens (tertiary/aromatic N) is 2. The number of benzene rings is 3. The van der Waals surface area contributed by atoms with E-state index in [4.69, 9.17) is 9.47 Å². The van der Waals surface area contributed by atoms with Crippen molar-refractivity contribution in [2.24, 2.45) is 0 Å². The third kappa shape index (κ3) is 3.15. The molecule has 0 saturated carbocycles. The van der Waals surface area contributed by atoms with Crippen molar-refractivity contribution in [3.63, 3.8) is 0 Å². The van der Waals surface area contributed by atoms with Gasteiger partial charge in [0.25, 0.3) is 0 Å². The van der Waals surface area contributed by atoms with Crippen LogP contribution in [0.15, 0.2) is 72.9 Å².